The van der Waals surface area contributed by atoms with Gasteiger partial charge in [0.2, 0.25) is 0 Å². The number of halogens is 1. The molecule has 0 aliphatic carbocycles. The molecule has 1 aromatic heterocycles. The lowest BCUT2D eigenvalue weighted by Crippen LogP contribution is -2.38. The fourth-order valence-corrected chi connectivity index (χ4v) is 1.98. The van der Waals surface area contributed by atoms with Gasteiger partial charge in [0.15, 0.2) is 0 Å². The van der Waals surface area contributed by atoms with Gasteiger partial charge in [-0.25, -0.2) is 9.18 Å². The molecule has 4 nitrogen and oxygen atoms in total. The minimum atomic E-state index is -0.306. The zero-order valence-corrected chi connectivity index (χ0v) is 12.1. The number of aromatic nitrogens is 1. The topological polar surface area (TPSA) is 45.2 Å². The second-order valence-corrected chi connectivity index (χ2v) is 4.90. The highest BCUT2D eigenvalue weighted by Gasteiger charge is 2.14. The van der Waals surface area contributed by atoms with Crippen molar-refractivity contribution in [2.75, 3.05) is 7.05 Å². The van der Waals surface area contributed by atoms with Crippen LogP contribution in [0.3, 0.4) is 0 Å². The molecule has 0 aliphatic rings. The first-order chi connectivity index (χ1) is 10.1. The number of carbonyl (C=O) groups is 1. The number of carbonyl (C=O) groups excluding carboxylic acids is 1. The minimum Gasteiger partial charge on any atom is -0.331 e. The molecule has 1 aromatic carbocycles. The number of hydrogen-bond acceptors (Lipinski definition) is 2. The average Bonchev–Trinajstić information content (AvgIpc) is 2.50. The van der Waals surface area contributed by atoms with Crippen LogP contribution in [-0.4, -0.2) is 23.0 Å². The molecule has 2 aromatic rings. The first-order valence-corrected chi connectivity index (χ1v) is 6.73. The molecule has 0 bridgehead atoms. The van der Waals surface area contributed by atoms with Gasteiger partial charge in [0.25, 0.3) is 0 Å². The average molecular weight is 287 g/mol. The van der Waals surface area contributed by atoms with Crippen LogP contribution >= 0.6 is 0 Å². The van der Waals surface area contributed by atoms with Gasteiger partial charge in [-0.2, -0.15) is 0 Å². The first kappa shape index (κ1) is 15.0. The van der Waals surface area contributed by atoms with E-state index >= 15 is 0 Å². The smallest absolute Gasteiger partial charge is 0.317 e. The van der Waals surface area contributed by atoms with Crippen molar-refractivity contribution in [3.63, 3.8) is 0 Å². The van der Waals surface area contributed by atoms with Gasteiger partial charge in [0.05, 0.1) is 6.04 Å². The second-order valence-electron chi connectivity index (χ2n) is 4.90. The Morgan fingerprint density at radius 1 is 1.29 bits per heavy atom. The molecule has 1 atom stereocenters. The molecule has 2 rings (SSSR count). The summed E-state index contributed by atoms with van der Waals surface area (Å²) < 4.78 is 13.6. The third-order valence-corrected chi connectivity index (χ3v) is 3.26. The summed E-state index contributed by atoms with van der Waals surface area (Å²) in [4.78, 5) is 17.5. The van der Waals surface area contributed by atoms with Crippen molar-refractivity contribution >= 4 is 6.03 Å². The van der Waals surface area contributed by atoms with Crippen LogP contribution in [0.4, 0.5) is 9.18 Å². The van der Waals surface area contributed by atoms with E-state index in [1.54, 1.807) is 37.6 Å². The summed E-state index contributed by atoms with van der Waals surface area (Å²) in [6.07, 6.45) is 3.36. The monoisotopic (exact) mass is 287 g/mol. The van der Waals surface area contributed by atoms with E-state index < -0.39 is 0 Å². The standard InChI is InChI=1S/C16H18FN3O/c1-12(13-7-9-18-10-8-13)19-16(21)20(2)11-14-5-3-4-6-15(14)17/h3-10,12H,11H2,1-2H3,(H,19,21). The van der Waals surface area contributed by atoms with Crippen molar-refractivity contribution in [2.24, 2.45) is 0 Å². The number of nitrogens with one attached hydrogen (secondary N) is 1. The van der Waals surface area contributed by atoms with E-state index in [4.69, 9.17) is 0 Å². The number of nitrogens with zero attached hydrogens (tertiary/aromatic N) is 2. The summed E-state index contributed by atoms with van der Waals surface area (Å²) in [6, 6.07) is 9.76. The third-order valence-electron chi connectivity index (χ3n) is 3.26. The van der Waals surface area contributed by atoms with Crippen LogP contribution in [0.25, 0.3) is 0 Å². The molecule has 2 amide bonds. The molecule has 0 saturated carbocycles. The summed E-state index contributed by atoms with van der Waals surface area (Å²) in [5, 5.41) is 2.87. The Hall–Kier alpha value is -2.43. The number of rotatable bonds is 4. The van der Waals surface area contributed by atoms with Crippen molar-refractivity contribution in [3.8, 4) is 0 Å². The molecule has 1 N–H and O–H groups in total. The Balaban J connectivity index is 1.95. The normalized spacial score (nSPS) is 11.8. The summed E-state index contributed by atoms with van der Waals surface area (Å²) in [5.74, 6) is -0.306. The summed E-state index contributed by atoms with van der Waals surface area (Å²) in [6.45, 7) is 2.12. The Labute approximate surface area is 123 Å². The SMILES string of the molecule is CC(NC(=O)N(C)Cc1ccccc1F)c1ccncc1. The van der Waals surface area contributed by atoms with E-state index in [1.165, 1.54) is 11.0 Å². The highest BCUT2D eigenvalue weighted by molar-refractivity contribution is 5.74. The molecular weight excluding hydrogens is 269 g/mol. The first-order valence-electron chi connectivity index (χ1n) is 6.73. The van der Waals surface area contributed by atoms with E-state index in [9.17, 15) is 9.18 Å². The van der Waals surface area contributed by atoms with Gasteiger partial charge in [-0.15, -0.1) is 0 Å². The Morgan fingerprint density at radius 3 is 2.62 bits per heavy atom. The lowest BCUT2D eigenvalue weighted by molar-refractivity contribution is 0.203. The van der Waals surface area contributed by atoms with Gasteiger partial charge < -0.3 is 10.2 Å². The van der Waals surface area contributed by atoms with E-state index in [0.717, 1.165) is 5.56 Å². The lowest BCUT2D eigenvalue weighted by Gasteiger charge is -2.21. The van der Waals surface area contributed by atoms with E-state index in [2.05, 4.69) is 10.3 Å². The molecule has 0 radical (unpaired) electrons. The van der Waals surface area contributed by atoms with Crippen molar-refractivity contribution in [1.29, 1.82) is 0 Å². The maximum atomic E-state index is 13.6. The minimum absolute atomic E-state index is 0.136. The van der Waals surface area contributed by atoms with Crippen molar-refractivity contribution in [3.05, 3.63) is 65.7 Å². The number of hydrogen-bond donors (Lipinski definition) is 1. The van der Waals surface area contributed by atoms with E-state index in [-0.39, 0.29) is 24.4 Å². The number of amides is 2. The van der Waals surface area contributed by atoms with Crippen LogP contribution in [0.15, 0.2) is 48.8 Å². The molecule has 0 spiro atoms. The highest BCUT2D eigenvalue weighted by atomic mass is 19.1. The largest absolute Gasteiger partial charge is 0.331 e. The number of pyridine rings is 1. The Morgan fingerprint density at radius 2 is 1.95 bits per heavy atom. The molecule has 0 saturated heterocycles. The molecule has 110 valence electrons. The van der Waals surface area contributed by atoms with Crippen molar-refractivity contribution in [2.45, 2.75) is 19.5 Å². The molecule has 0 aliphatic heterocycles. The van der Waals surface area contributed by atoms with Crippen LogP contribution in [0.2, 0.25) is 0 Å². The molecule has 1 unspecified atom stereocenters. The van der Waals surface area contributed by atoms with Crippen molar-refractivity contribution < 1.29 is 9.18 Å². The maximum absolute atomic E-state index is 13.6. The molecule has 21 heavy (non-hydrogen) atoms. The van der Waals surface area contributed by atoms with E-state index in [1.807, 2.05) is 19.1 Å². The van der Waals surface area contributed by atoms with Crippen LogP contribution < -0.4 is 5.32 Å². The number of urea groups is 1. The molecule has 0 fully saturated rings. The van der Waals surface area contributed by atoms with Gasteiger partial charge in [0.1, 0.15) is 5.82 Å². The Kier molecular flexibility index (Phi) is 4.87. The van der Waals surface area contributed by atoms with Crippen molar-refractivity contribution in [1.82, 2.24) is 15.2 Å². The summed E-state index contributed by atoms with van der Waals surface area (Å²) in [7, 11) is 1.64. The van der Waals surface area contributed by atoms with Gasteiger partial charge in [0, 0.05) is 31.5 Å². The second kappa shape index (κ2) is 6.83. The quantitative estimate of drug-likeness (QED) is 0.939. The lowest BCUT2D eigenvalue weighted by atomic mass is 10.1. The maximum Gasteiger partial charge on any atom is 0.317 e. The van der Waals surface area contributed by atoms with Gasteiger partial charge in [-0.05, 0) is 30.7 Å². The van der Waals surface area contributed by atoms with Gasteiger partial charge in [-0.3, -0.25) is 4.98 Å². The summed E-state index contributed by atoms with van der Waals surface area (Å²) >= 11 is 0. The molecular formula is C16H18FN3O. The van der Waals surface area contributed by atoms with Crippen LogP contribution in [0.5, 0.6) is 0 Å². The van der Waals surface area contributed by atoms with Crippen LogP contribution in [-0.2, 0) is 6.54 Å². The molecule has 1 heterocycles. The molecule has 5 heteroatoms. The van der Waals surface area contributed by atoms with Crippen LogP contribution in [0, 0.1) is 5.82 Å². The van der Waals surface area contributed by atoms with Gasteiger partial charge >= 0.3 is 6.03 Å². The zero-order chi connectivity index (χ0) is 15.2. The number of benzene rings is 1. The zero-order valence-electron chi connectivity index (χ0n) is 12.1. The van der Waals surface area contributed by atoms with E-state index in [0.29, 0.717) is 5.56 Å². The van der Waals surface area contributed by atoms with Gasteiger partial charge in [-0.1, -0.05) is 18.2 Å². The highest BCUT2D eigenvalue weighted by Crippen LogP contribution is 2.12. The predicted molar refractivity (Wildman–Crippen MR) is 79.1 cm³/mol. The third kappa shape index (κ3) is 4.02. The summed E-state index contributed by atoms with van der Waals surface area (Å²) in [5.41, 5.74) is 1.46. The predicted octanol–water partition coefficient (Wildman–Crippen LogP) is 3.12. The Bertz CT molecular complexity index is 603. The van der Waals surface area contributed by atoms with Crippen LogP contribution in [0.1, 0.15) is 24.1 Å². The fourth-order valence-electron chi connectivity index (χ4n) is 1.98. The fraction of sp³-hybridized carbons (Fsp3) is 0.250.